The van der Waals surface area contributed by atoms with E-state index in [0.29, 0.717) is 5.02 Å². The minimum Gasteiger partial charge on any atom is -0.372 e. The Bertz CT molecular complexity index is 632. The smallest absolute Gasteiger partial charge is 0.246 e. The molecule has 1 aromatic heterocycles. The molecule has 0 saturated heterocycles. The first-order chi connectivity index (χ1) is 10.5. The molecule has 0 spiro atoms. The number of nitrogens with one attached hydrogen (secondary N) is 1. The van der Waals surface area contributed by atoms with Gasteiger partial charge in [-0.3, -0.25) is 9.48 Å². The summed E-state index contributed by atoms with van der Waals surface area (Å²) in [6.45, 7) is 8.15. The van der Waals surface area contributed by atoms with Crippen molar-refractivity contribution in [2.45, 2.75) is 27.3 Å². The maximum absolute atomic E-state index is 12.0. The number of aromatic nitrogens is 2. The maximum Gasteiger partial charge on any atom is 0.246 e. The lowest BCUT2D eigenvalue weighted by molar-refractivity contribution is -0.116. The summed E-state index contributed by atoms with van der Waals surface area (Å²) in [7, 11) is 0. The van der Waals surface area contributed by atoms with Gasteiger partial charge in [-0.2, -0.15) is 5.10 Å². The fourth-order valence-electron chi connectivity index (χ4n) is 2.26. The van der Waals surface area contributed by atoms with Gasteiger partial charge in [-0.15, -0.1) is 0 Å². The summed E-state index contributed by atoms with van der Waals surface area (Å²) in [4.78, 5) is 14.3. The number of amides is 1. The largest absolute Gasteiger partial charge is 0.372 e. The molecule has 22 heavy (non-hydrogen) atoms. The van der Waals surface area contributed by atoms with Crippen LogP contribution in [0.5, 0.6) is 0 Å². The summed E-state index contributed by atoms with van der Waals surface area (Å²) in [5.74, 6) is -0.126. The zero-order valence-electron chi connectivity index (χ0n) is 13.1. The van der Waals surface area contributed by atoms with Crippen LogP contribution in [-0.4, -0.2) is 28.8 Å². The summed E-state index contributed by atoms with van der Waals surface area (Å²) in [5.41, 5.74) is 2.71. The van der Waals surface area contributed by atoms with Gasteiger partial charge < -0.3 is 10.2 Å². The average molecular weight is 321 g/mol. The number of carbonyl (C=O) groups excluding carboxylic acids is 1. The molecule has 0 aliphatic heterocycles. The van der Waals surface area contributed by atoms with Crippen molar-refractivity contribution in [3.05, 3.63) is 41.2 Å². The summed E-state index contributed by atoms with van der Waals surface area (Å²) in [6.07, 6.45) is 1.54. The molecule has 1 aromatic carbocycles. The van der Waals surface area contributed by atoms with Gasteiger partial charge in [0.15, 0.2) is 0 Å². The molecule has 0 aliphatic carbocycles. The van der Waals surface area contributed by atoms with Gasteiger partial charge in [-0.25, -0.2) is 0 Å². The van der Waals surface area contributed by atoms with E-state index in [-0.39, 0.29) is 12.5 Å². The van der Waals surface area contributed by atoms with Crippen molar-refractivity contribution < 1.29 is 4.79 Å². The Morgan fingerprint density at radius 1 is 1.27 bits per heavy atom. The van der Waals surface area contributed by atoms with E-state index < -0.39 is 0 Å². The number of nitrogens with zero attached hydrogens (tertiary/aromatic N) is 3. The molecular formula is C16H21ClN4O. The molecule has 118 valence electrons. The Balaban J connectivity index is 1.98. The summed E-state index contributed by atoms with van der Waals surface area (Å²) < 4.78 is 1.59. The number of halogens is 1. The Kier molecular flexibility index (Phi) is 5.44. The molecule has 1 amide bonds. The molecule has 1 heterocycles. The normalized spacial score (nSPS) is 10.5. The monoisotopic (exact) mass is 320 g/mol. The second-order valence-electron chi connectivity index (χ2n) is 5.00. The molecule has 0 atom stereocenters. The lowest BCUT2D eigenvalue weighted by Gasteiger charge is -2.21. The second-order valence-corrected chi connectivity index (χ2v) is 5.41. The minimum atomic E-state index is -0.126. The fraction of sp³-hybridized carbons (Fsp3) is 0.375. The summed E-state index contributed by atoms with van der Waals surface area (Å²) in [5, 5.41) is 7.51. The molecule has 2 aromatic rings. The van der Waals surface area contributed by atoms with Crippen molar-refractivity contribution in [2.75, 3.05) is 23.3 Å². The second kappa shape index (κ2) is 7.31. The van der Waals surface area contributed by atoms with Crippen LogP contribution >= 0.6 is 11.6 Å². The molecule has 1 N–H and O–H groups in total. The summed E-state index contributed by atoms with van der Waals surface area (Å²) >= 11 is 5.93. The maximum atomic E-state index is 12.0. The average Bonchev–Trinajstić information content (AvgIpc) is 2.82. The van der Waals surface area contributed by atoms with Crippen LogP contribution in [0, 0.1) is 6.92 Å². The van der Waals surface area contributed by atoms with Crippen LogP contribution in [0.1, 0.15) is 19.5 Å². The topological polar surface area (TPSA) is 50.2 Å². The molecule has 2 rings (SSSR count). The van der Waals surface area contributed by atoms with Gasteiger partial charge in [0.1, 0.15) is 6.54 Å². The third-order valence-corrected chi connectivity index (χ3v) is 3.99. The first-order valence-electron chi connectivity index (χ1n) is 7.38. The van der Waals surface area contributed by atoms with Gasteiger partial charge in [0.2, 0.25) is 5.91 Å². The Hall–Kier alpha value is -2.01. The molecule has 5 nitrogen and oxygen atoms in total. The van der Waals surface area contributed by atoms with Gasteiger partial charge in [-0.1, -0.05) is 11.6 Å². The summed E-state index contributed by atoms with van der Waals surface area (Å²) in [6, 6.07) is 7.85. The van der Waals surface area contributed by atoms with E-state index in [1.807, 2.05) is 31.2 Å². The molecular weight excluding hydrogens is 300 g/mol. The van der Waals surface area contributed by atoms with Crippen molar-refractivity contribution in [2.24, 2.45) is 0 Å². The minimum absolute atomic E-state index is 0.126. The molecule has 0 radical (unpaired) electrons. The van der Waals surface area contributed by atoms with Crippen molar-refractivity contribution in [3.8, 4) is 0 Å². The van der Waals surface area contributed by atoms with Crippen molar-refractivity contribution in [3.63, 3.8) is 0 Å². The first-order valence-corrected chi connectivity index (χ1v) is 7.75. The van der Waals surface area contributed by atoms with Gasteiger partial charge in [0.25, 0.3) is 0 Å². The zero-order chi connectivity index (χ0) is 16.1. The predicted molar refractivity (Wildman–Crippen MR) is 90.6 cm³/mol. The predicted octanol–water partition coefficient (Wildman–Crippen LogP) is 3.33. The SMILES string of the molecule is CCN(CC)c1ccc(NC(=O)Cn2ncc(Cl)c2C)cc1. The lowest BCUT2D eigenvalue weighted by atomic mass is 10.2. The third-order valence-electron chi connectivity index (χ3n) is 3.62. The highest BCUT2D eigenvalue weighted by atomic mass is 35.5. The molecule has 0 fully saturated rings. The highest BCUT2D eigenvalue weighted by Gasteiger charge is 2.09. The van der Waals surface area contributed by atoms with E-state index in [1.54, 1.807) is 10.9 Å². The van der Waals surface area contributed by atoms with Gasteiger partial charge in [0, 0.05) is 24.5 Å². The van der Waals surface area contributed by atoms with Crippen molar-refractivity contribution in [1.82, 2.24) is 9.78 Å². The van der Waals surface area contributed by atoms with E-state index in [9.17, 15) is 4.79 Å². The van der Waals surface area contributed by atoms with Crippen molar-refractivity contribution in [1.29, 1.82) is 0 Å². The van der Waals surface area contributed by atoms with Gasteiger partial charge in [-0.05, 0) is 45.0 Å². The van der Waals surface area contributed by atoms with Gasteiger partial charge in [0.05, 0.1) is 16.9 Å². The van der Waals surface area contributed by atoms with E-state index >= 15 is 0 Å². The highest BCUT2D eigenvalue weighted by Crippen LogP contribution is 2.18. The zero-order valence-corrected chi connectivity index (χ0v) is 13.9. The van der Waals surface area contributed by atoms with Crippen LogP contribution in [-0.2, 0) is 11.3 Å². The number of benzene rings is 1. The number of hydrogen-bond acceptors (Lipinski definition) is 3. The molecule has 0 saturated carbocycles. The number of carbonyl (C=O) groups is 1. The third kappa shape index (κ3) is 3.80. The van der Waals surface area contributed by atoms with Crippen molar-refractivity contribution >= 4 is 28.9 Å². The Labute approximate surface area is 135 Å². The quantitative estimate of drug-likeness (QED) is 0.888. The van der Waals surface area contributed by atoms with Crippen LogP contribution in [0.15, 0.2) is 30.5 Å². The lowest BCUT2D eigenvalue weighted by Crippen LogP contribution is -2.22. The standard InChI is InChI=1S/C16H21ClN4O/c1-4-20(5-2)14-8-6-13(7-9-14)19-16(22)11-21-12(3)15(17)10-18-21/h6-10H,4-5,11H2,1-3H3,(H,19,22). The molecule has 0 bridgehead atoms. The van der Waals surface area contributed by atoms with Crippen LogP contribution in [0.3, 0.4) is 0 Å². The highest BCUT2D eigenvalue weighted by molar-refractivity contribution is 6.31. The van der Waals surface area contributed by atoms with Crippen LogP contribution < -0.4 is 10.2 Å². The van der Waals surface area contributed by atoms with Crippen LogP contribution in [0.4, 0.5) is 11.4 Å². The Morgan fingerprint density at radius 2 is 1.91 bits per heavy atom. The molecule has 0 aliphatic rings. The number of anilines is 2. The van der Waals surface area contributed by atoms with Crippen LogP contribution in [0.25, 0.3) is 0 Å². The van der Waals surface area contributed by atoms with E-state index in [0.717, 1.165) is 30.2 Å². The Morgan fingerprint density at radius 3 is 2.41 bits per heavy atom. The molecule has 6 heteroatoms. The first kappa shape index (κ1) is 16.4. The van der Waals surface area contributed by atoms with E-state index in [1.165, 1.54) is 0 Å². The molecule has 0 unspecified atom stereocenters. The van der Waals surface area contributed by atoms with E-state index in [2.05, 4.69) is 29.2 Å². The number of rotatable bonds is 6. The van der Waals surface area contributed by atoms with Crippen LogP contribution in [0.2, 0.25) is 5.02 Å². The number of hydrogen-bond donors (Lipinski definition) is 1. The fourth-order valence-corrected chi connectivity index (χ4v) is 2.41. The van der Waals surface area contributed by atoms with Gasteiger partial charge >= 0.3 is 0 Å². The van der Waals surface area contributed by atoms with E-state index in [4.69, 9.17) is 11.6 Å².